The lowest BCUT2D eigenvalue weighted by molar-refractivity contribution is 0.556. The highest BCUT2D eigenvalue weighted by Gasteiger charge is 2.11. The van der Waals surface area contributed by atoms with E-state index in [4.69, 9.17) is 16.0 Å². The minimum atomic E-state index is -0.316. The van der Waals surface area contributed by atoms with Crippen molar-refractivity contribution in [2.45, 2.75) is 39.8 Å². The van der Waals surface area contributed by atoms with Crippen molar-refractivity contribution in [1.82, 2.24) is 5.32 Å². The van der Waals surface area contributed by atoms with Crippen LogP contribution in [0.4, 0.5) is 0 Å². The van der Waals surface area contributed by atoms with Gasteiger partial charge in [0, 0.05) is 29.6 Å². The summed E-state index contributed by atoms with van der Waals surface area (Å²) in [5.74, 6) is 0.420. The van der Waals surface area contributed by atoms with Crippen LogP contribution in [0.2, 0.25) is 5.02 Å². The summed E-state index contributed by atoms with van der Waals surface area (Å²) in [6.07, 6.45) is 0. The molecule has 1 heterocycles. The fourth-order valence-corrected chi connectivity index (χ4v) is 3.36. The van der Waals surface area contributed by atoms with Crippen molar-refractivity contribution < 1.29 is 4.42 Å². The number of rotatable bonds is 5. The molecule has 0 bridgehead atoms. The molecule has 1 N–H and O–H groups in total. The molecule has 0 atom stereocenters. The van der Waals surface area contributed by atoms with Crippen LogP contribution >= 0.6 is 11.6 Å². The second-order valence-electron chi connectivity index (χ2n) is 6.68. The predicted molar refractivity (Wildman–Crippen MR) is 103 cm³/mol. The number of benzene rings is 2. The smallest absolute Gasteiger partial charge is 0.336 e. The number of halogens is 1. The third kappa shape index (κ3) is 4.12. The summed E-state index contributed by atoms with van der Waals surface area (Å²) < 4.78 is 5.40. The Morgan fingerprint density at radius 1 is 1.12 bits per heavy atom. The molecule has 0 radical (unpaired) electrons. The van der Waals surface area contributed by atoms with Gasteiger partial charge in [0.25, 0.3) is 0 Å². The van der Waals surface area contributed by atoms with Gasteiger partial charge >= 0.3 is 5.63 Å². The zero-order valence-electron chi connectivity index (χ0n) is 14.7. The van der Waals surface area contributed by atoms with Gasteiger partial charge in [0.05, 0.1) is 0 Å². The molecular weight excluding hydrogens is 334 g/mol. The molecule has 3 rings (SSSR count). The molecule has 25 heavy (non-hydrogen) atoms. The molecule has 0 fully saturated rings. The summed E-state index contributed by atoms with van der Waals surface area (Å²) >= 11 is 6.02. The van der Waals surface area contributed by atoms with Gasteiger partial charge in [-0.1, -0.05) is 37.6 Å². The van der Waals surface area contributed by atoms with Crippen molar-refractivity contribution in [3.63, 3.8) is 0 Å². The van der Waals surface area contributed by atoms with Crippen LogP contribution in [0, 0.1) is 6.92 Å². The van der Waals surface area contributed by atoms with Crippen LogP contribution in [0.5, 0.6) is 0 Å². The molecule has 130 valence electrons. The van der Waals surface area contributed by atoms with Crippen molar-refractivity contribution in [2.75, 3.05) is 0 Å². The average Bonchev–Trinajstić information content (AvgIpc) is 2.53. The average molecular weight is 356 g/mol. The summed E-state index contributed by atoms with van der Waals surface area (Å²) in [6, 6.07) is 13.4. The van der Waals surface area contributed by atoms with Crippen LogP contribution < -0.4 is 10.9 Å². The molecule has 4 heteroatoms. The van der Waals surface area contributed by atoms with E-state index >= 15 is 0 Å². The van der Waals surface area contributed by atoms with Crippen LogP contribution in [0.1, 0.15) is 42.0 Å². The molecule has 0 aliphatic heterocycles. The Balaban J connectivity index is 1.89. The molecule has 0 spiro atoms. The Morgan fingerprint density at radius 2 is 1.92 bits per heavy atom. The van der Waals surface area contributed by atoms with E-state index in [-0.39, 0.29) is 5.63 Å². The molecule has 0 unspecified atom stereocenters. The first-order valence-electron chi connectivity index (χ1n) is 8.46. The van der Waals surface area contributed by atoms with Gasteiger partial charge < -0.3 is 9.73 Å². The Hall–Kier alpha value is -2.10. The quantitative estimate of drug-likeness (QED) is 0.642. The maximum atomic E-state index is 11.9. The van der Waals surface area contributed by atoms with Gasteiger partial charge in [0.2, 0.25) is 0 Å². The van der Waals surface area contributed by atoms with E-state index in [0.717, 1.165) is 27.1 Å². The van der Waals surface area contributed by atoms with E-state index in [1.807, 2.05) is 30.3 Å². The summed E-state index contributed by atoms with van der Waals surface area (Å²) in [5, 5.41) is 5.11. The molecule has 1 aromatic heterocycles. The zero-order valence-corrected chi connectivity index (χ0v) is 15.5. The number of aryl methyl sites for hydroxylation is 1. The second kappa shape index (κ2) is 7.42. The van der Waals surface area contributed by atoms with E-state index in [2.05, 4.69) is 32.2 Å². The van der Waals surface area contributed by atoms with Crippen LogP contribution in [0.3, 0.4) is 0 Å². The number of nitrogens with one attached hydrogen (secondary N) is 1. The summed E-state index contributed by atoms with van der Waals surface area (Å²) in [6.45, 7) is 7.67. The van der Waals surface area contributed by atoms with Gasteiger partial charge in [0.1, 0.15) is 5.58 Å². The van der Waals surface area contributed by atoms with E-state index < -0.39 is 0 Å². The number of fused-ring (bicyclic) bond motifs is 1. The van der Waals surface area contributed by atoms with E-state index in [9.17, 15) is 4.79 Å². The van der Waals surface area contributed by atoms with Crippen molar-refractivity contribution >= 4 is 22.6 Å². The SMILES string of the molecule is Cc1cc2oc(=O)cc(CNCc3cccc(Cl)c3)c2cc1C(C)C. The van der Waals surface area contributed by atoms with Crippen molar-refractivity contribution in [3.8, 4) is 0 Å². The van der Waals surface area contributed by atoms with E-state index in [1.165, 1.54) is 5.56 Å². The molecule has 3 aromatic rings. The van der Waals surface area contributed by atoms with Crippen LogP contribution in [-0.2, 0) is 13.1 Å². The Morgan fingerprint density at radius 3 is 2.64 bits per heavy atom. The van der Waals surface area contributed by atoms with Gasteiger partial charge in [-0.3, -0.25) is 0 Å². The Kier molecular flexibility index (Phi) is 5.26. The van der Waals surface area contributed by atoms with Crippen molar-refractivity contribution in [1.29, 1.82) is 0 Å². The Labute approximate surface area is 152 Å². The molecule has 0 aliphatic rings. The van der Waals surface area contributed by atoms with Gasteiger partial charge in [-0.05, 0) is 59.4 Å². The standard InChI is InChI=1S/C21H22ClNO2/c1-13(2)18-10-19-16(9-21(24)25-20(19)7-14(18)3)12-23-11-15-5-4-6-17(22)8-15/h4-10,13,23H,11-12H2,1-3H3. The third-order valence-corrected chi connectivity index (χ3v) is 4.61. The minimum Gasteiger partial charge on any atom is -0.423 e. The molecular formula is C21H22ClNO2. The summed E-state index contributed by atoms with van der Waals surface area (Å²) in [7, 11) is 0. The molecule has 3 nitrogen and oxygen atoms in total. The minimum absolute atomic E-state index is 0.316. The van der Waals surface area contributed by atoms with E-state index in [0.29, 0.717) is 24.6 Å². The number of hydrogen-bond donors (Lipinski definition) is 1. The molecule has 0 saturated heterocycles. The van der Waals surface area contributed by atoms with E-state index in [1.54, 1.807) is 6.07 Å². The largest absolute Gasteiger partial charge is 0.423 e. The highest BCUT2D eigenvalue weighted by atomic mass is 35.5. The van der Waals surface area contributed by atoms with Gasteiger partial charge in [-0.25, -0.2) is 4.79 Å². The maximum absolute atomic E-state index is 11.9. The lowest BCUT2D eigenvalue weighted by Crippen LogP contribution is -2.15. The second-order valence-corrected chi connectivity index (χ2v) is 7.12. The van der Waals surface area contributed by atoms with Crippen molar-refractivity contribution in [2.24, 2.45) is 0 Å². The lowest BCUT2D eigenvalue weighted by Gasteiger charge is -2.13. The highest BCUT2D eigenvalue weighted by molar-refractivity contribution is 6.30. The topological polar surface area (TPSA) is 42.2 Å². The molecule has 2 aromatic carbocycles. The van der Waals surface area contributed by atoms with Gasteiger partial charge in [-0.2, -0.15) is 0 Å². The van der Waals surface area contributed by atoms with Crippen LogP contribution in [0.25, 0.3) is 11.0 Å². The third-order valence-electron chi connectivity index (χ3n) is 4.37. The fraction of sp³-hybridized carbons (Fsp3) is 0.286. The zero-order chi connectivity index (χ0) is 18.0. The van der Waals surface area contributed by atoms with Crippen LogP contribution in [0.15, 0.2) is 51.7 Å². The fourth-order valence-electron chi connectivity index (χ4n) is 3.15. The van der Waals surface area contributed by atoms with Crippen LogP contribution in [-0.4, -0.2) is 0 Å². The first kappa shape index (κ1) is 17.7. The normalized spacial score (nSPS) is 11.4. The van der Waals surface area contributed by atoms with Gasteiger partial charge in [-0.15, -0.1) is 0 Å². The molecule has 0 amide bonds. The predicted octanol–water partition coefficient (Wildman–Crippen LogP) is 5.17. The molecule has 0 aliphatic carbocycles. The first-order chi connectivity index (χ1) is 11.9. The highest BCUT2D eigenvalue weighted by Crippen LogP contribution is 2.26. The maximum Gasteiger partial charge on any atom is 0.336 e. The van der Waals surface area contributed by atoms with Gasteiger partial charge in [0.15, 0.2) is 0 Å². The monoisotopic (exact) mass is 355 g/mol. The summed E-state index contributed by atoms with van der Waals surface area (Å²) in [4.78, 5) is 11.9. The molecule has 0 saturated carbocycles. The summed E-state index contributed by atoms with van der Waals surface area (Å²) in [5.41, 5.74) is 4.82. The first-order valence-corrected chi connectivity index (χ1v) is 8.84. The Bertz CT molecular complexity index is 960. The van der Waals surface area contributed by atoms with Crippen molar-refractivity contribution in [3.05, 3.63) is 80.2 Å². The lowest BCUT2D eigenvalue weighted by atomic mass is 9.95. The number of hydrogen-bond acceptors (Lipinski definition) is 3.